The number of rotatable bonds is 4. The first-order valence-corrected chi connectivity index (χ1v) is 10.5. The van der Waals surface area contributed by atoms with Crippen LogP contribution in [0.15, 0.2) is 18.2 Å². The number of carbonyl (C=O) groups is 3. The highest BCUT2D eigenvalue weighted by Gasteiger charge is 2.33. The van der Waals surface area contributed by atoms with Gasteiger partial charge in [0.25, 0.3) is 0 Å². The summed E-state index contributed by atoms with van der Waals surface area (Å²) in [6, 6.07) is 3.99. The van der Waals surface area contributed by atoms with Crippen LogP contribution in [0.1, 0.15) is 58.5 Å². The Morgan fingerprint density at radius 1 is 1.31 bits per heavy atom. The van der Waals surface area contributed by atoms with E-state index >= 15 is 0 Å². The quantitative estimate of drug-likeness (QED) is 0.738. The SMILES string of the molecule is CCOC(=O)c1c(NC(=O)C2CC(=O)Nc3cc(F)ccc32)sc2c1CCCC2. The van der Waals surface area contributed by atoms with Crippen molar-refractivity contribution < 1.29 is 23.5 Å². The van der Waals surface area contributed by atoms with Crippen LogP contribution in [0.5, 0.6) is 0 Å². The fraction of sp³-hybridized carbons (Fsp3) is 0.381. The van der Waals surface area contributed by atoms with E-state index in [0.717, 1.165) is 36.1 Å². The lowest BCUT2D eigenvalue weighted by molar-refractivity contribution is -0.123. The van der Waals surface area contributed by atoms with E-state index < -0.39 is 23.6 Å². The van der Waals surface area contributed by atoms with Crippen molar-refractivity contribution in [2.45, 2.75) is 44.9 Å². The van der Waals surface area contributed by atoms with Crippen molar-refractivity contribution in [3.8, 4) is 0 Å². The number of ether oxygens (including phenoxy) is 1. The van der Waals surface area contributed by atoms with Crippen molar-refractivity contribution in [1.82, 2.24) is 0 Å². The van der Waals surface area contributed by atoms with E-state index in [-0.39, 0.29) is 18.9 Å². The summed E-state index contributed by atoms with van der Waals surface area (Å²) in [7, 11) is 0. The number of nitrogens with one attached hydrogen (secondary N) is 2. The number of aryl methyl sites for hydroxylation is 1. The first kappa shape index (κ1) is 19.6. The lowest BCUT2D eigenvalue weighted by Gasteiger charge is -2.24. The average molecular weight is 416 g/mol. The summed E-state index contributed by atoms with van der Waals surface area (Å²) in [6.07, 6.45) is 3.65. The average Bonchev–Trinajstić information content (AvgIpc) is 3.04. The molecule has 2 amide bonds. The van der Waals surface area contributed by atoms with Gasteiger partial charge in [0.15, 0.2) is 0 Å². The summed E-state index contributed by atoms with van der Waals surface area (Å²) < 4.78 is 18.8. The van der Waals surface area contributed by atoms with E-state index in [1.165, 1.54) is 29.5 Å². The van der Waals surface area contributed by atoms with Crippen molar-refractivity contribution >= 4 is 39.8 Å². The number of fused-ring (bicyclic) bond motifs is 2. The van der Waals surface area contributed by atoms with Gasteiger partial charge in [0.05, 0.1) is 18.1 Å². The van der Waals surface area contributed by atoms with E-state index in [1.54, 1.807) is 6.92 Å². The highest BCUT2D eigenvalue weighted by Crippen LogP contribution is 2.40. The molecule has 1 atom stereocenters. The van der Waals surface area contributed by atoms with Gasteiger partial charge in [-0.2, -0.15) is 0 Å². The highest BCUT2D eigenvalue weighted by atomic mass is 32.1. The summed E-state index contributed by atoms with van der Waals surface area (Å²) in [5.41, 5.74) is 2.25. The molecular weight excluding hydrogens is 395 g/mol. The molecule has 1 aromatic carbocycles. The molecule has 0 fully saturated rings. The normalized spacial score (nSPS) is 17.7. The Balaban J connectivity index is 1.66. The molecule has 4 rings (SSSR count). The minimum atomic E-state index is -0.756. The molecule has 1 aliphatic heterocycles. The molecule has 0 spiro atoms. The zero-order valence-electron chi connectivity index (χ0n) is 16.0. The van der Waals surface area contributed by atoms with Crippen LogP contribution in [0.25, 0.3) is 0 Å². The van der Waals surface area contributed by atoms with Crippen molar-refractivity contribution in [2.75, 3.05) is 17.2 Å². The Labute approximate surface area is 171 Å². The maximum atomic E-state index is 13.5. The number of halogens is 1. The number of benzene rings is 1. The van der Waals surface area contributed by atoms with Crippen molar-refractivity contribution in [1.29, 1.82) is 0 Å². The van der Waals surface area contributed by atoms with Gasteiger partial charge in [0, 0.05) is 17.0 Å². The fourth-order valence-electron chi connectivity index (χ4n) is 3.94. The van der Waals surface area contributed by atoms with Crippen LogP contribution >= 0.6 is 11.3 Å². The maximum Gasteiger partial charge on any atom is 0.341 e. The fourth-order valence-corrected chi connectivity index (χ4v) is 5.22. The van der Waals surface area contributed by atoms with Gasteiger partial charge in [-0.05, 0) is 55.9 Å². The molecule has 0 saturated heterocycles. The van der Waals surface area contributed by atoms with E-state index in [4.69, 9.17) is 4.74 Å². The predicted octanol–water partition coefficient (Wildman–Crippen LogP) is 4.01. The number of amides is 2. The molecule has 0 saturated carbocycles. The molecule has 0 radical (unpaired) electrons. The molecule has 6 nitrogen and oxygen atoms in total. The highest BCUT2D eigenvalue weighted by molar-refractivity contribution is 7.17. The lowest BCUT2D eigenvalue weighted by Crippen LogP contribution is -2.31. The maximum absolute atomic E-state index is 13.5. The van der Waals surface area contributed by atoms with E-state index in [1.807, 2.05) is 0 Å². The van der Waals surface area contributed by atoms with Crippen LogP contribution in [0, 0.1) is 5.82 Å². The second-order valence-electron chi connectivity index (χ2n) is 7.16. The largest absolute Gasteiger partial charge is 0.462 e. The number of hydrogen-bond donors (Lipinski definition) is 2. The Bertz CT molecular complexity index is 1000. The standard InChI is InChI=1S/C21H21FN2O4S/c1-2-28-21(27)18-13-5-3-4-6-16(13)29-20(18)24-19(26)14-10-17(25)23-15-9-11(22)7-8-12(14)15/h7-9,14H,2-6,10H2,1H3,(H,23,25)(H,24,26). The number of hydrogen-bond acceptors (Lipinski definition) is 5. The topological polar surface area (TPSA) is 84.5 Å². The van der Waals surface area contributed by atoms with Crippen LogP contribution < -0.4 is 10.6 Å². The van der Waals surface area contributed by atoms with Gasteiger partial charge >= 0.3 is 5.97 Å². The number of thiophene rings is 1. The Morgan fingerprint density at radius 2 is 2.10 bits per heavy atom. The molecule has 1 aliphatic carbocycles. The smallest absolute Gasteiger partial charge is 0.341 e. The first-order valence-electron chi connectivity index (χ1n) is 9.69. The van der Waals surface area contributed by atoms with Crippen LogP contribution in [0.4, 0.5) is 15.1 Å². The zero-order valence-corrected chi connectivity index (χ0v) is 16.8. The number of esters is 1. The molecular formula is C21H21FN2O4S. The Kier molecular flexibility index (Phi) is 5.36. The zero-order chi connectivity index (χ0) is 20.5. The molecule has 29 heavy (non-hydrogen) atoms. The van der Waals surface area contributed by atoms with Gasteiger partial charge in [-0.25, -0.2) is 9.18 Å². The molecule has 0 bridgehead atoms. The lowest BCUT2D eigenvalue weighted by atomic mass is 9.89. The number of carbonyl (C=O) groups excluding carboxylic acids is 3. The third-order valence-corrected chi connectivity index (χ3v) is 6.47. The minimum Gasteiger partial charge on any atom is -0.462 e. The molecule has 2 heterocycles. The third-order valence-electron chi connectivity index (χ3n) is 5.26. The van der Waals surface area contributed by atoms with Crippen molar-refractivity contribution in [2.24, 2.45) is 0 Å². The molecule has 2 aromatic rings. The van der Waals surface area contributed by atoms with Gasteiger partial charge in [0.1, 0.15) is 10.8 Å². The molecule has 1 aromatic heterocycles. The monoisotopic (exact) mass is 416 g/mol. The summed E-state index contributed by atoms with van der Waals surface area (Å²) in [4.78, 5) is 38.8. The molecule has 1 unspecified atom stereocenters. The molecule has 152 valence electrons. The summed E-state index contributed by atoms with van der Waals surface area (Å²) in [6.45, 7) is 1.99. The Morgan fingerprint density at radius 3 is 2.90 bits per heavy atom. The van der Waals surface area contributed by atoms with E-state index in [0.29, 0.717) is 21.8 Å². The minimum absolute atomic E-state index is 0.0374. The molecule has 2 N–H and O–H groups in total. The van der Waals surface area contributed by atoms with Crippen LogP contribution in [0.3, 0.4) is 0 Å². The Hall–Kier alpha value is -2.74. The summed E-state index contributed by atoms with van der Waals surface area (Å²) in [5.74, 6) is -2.42. The van der Waals surface area contributed by atoms with Crippen molar-refractivity contribution in [3.63, 3.8) is 0 Å². The molecule has 2 aliphatic rings. The van der Waals surface area contributed by atoms with E-state index in [2.05, 4.69) is 10.6 Å². The summed E-state index contributed by atoms with van der Waals surface area (Å²) in [5, 5.41) is 5.93. The molecule has 8 heteroatoms. The summed E-state index contributed by atoms with van der Waals surface area (Å²) >= 11 is 1.40. The van der Waals surface area contributed by atoms with Gasteiger partial charge in [0.2, 0.25) is 11.8 Å². The number of anilines is 2. The van der Waals surface area contributed by atoms with Gasteiger partial charge in [-0.3, -0.25) is 9.59 Å². The first-order chi connectivity index (χ1) is 14.0. The predicted molar refractivity (Wildman–Crippen MR) is 108 cm³/mol. The second kappa shape index (κ2) is 7.94. The van der Waals surface area contributed by atoms with Gasteiger partial charge < -0.3 is 15.4 Å². The second-order valence-corrected chi connectivity index (χ2v) is 8.27. The van der Waals surface area contributed by atoms with E-state index in [9.17, 15) is 18.8 Å². The third kappa shape index (κ3) is 3.76. The van der Waals surface area contributed by atoms with Crippen LogP contribution in [0.2, 0.25) is 0 Å². The van der Waals surface area contributed by atoms with Gasteiger partial charge in [-0.15, -0.1) is 11.3 Å². The van der Waals surface area contributed by atoms with Crippen LogP contribution in [-0.2, 0) is 27.2 Å². The van der Waals surface area contributed by atoms with Crippen molar-refractivity contribution in [3.05, 3.63) is 45.6 Å². The van der Waals surface area contributed by atoms with Crippen LogP contribution in [-0.4, -0.2) is 24.4 Å². The van der Waals surface area contributed by atoms with Gasteiger partial charge in [-0.1, -0.05) is 6.07 Å².